The van der Waals surface area contributed by atoms with Gasteiger partial charge >= 0.3 is 0 Å². The molecule has 4 aromatic rings. The van der Waals surface area contributed by atoms with Crippen molar-refractivity contribution in [2.24, 2.45) is 0 Å². The van der Waals surface area contributed by atoms with Gasteiger partial charge in [0.2, 0.25) is 0 Å². The number of amides is 1. The maximum absolute atomic E-state index is 13.2. The van der Waals surface area contributed by atoms with Gasteiger partial charge in [-0.3, -0.25) is 4.79 Å². The van der Waals surface area contributed by atoms with E-state index >= 15 is 0 Å². The number of nitrogens with one attached hydrogen (secondary N) is 1. The highest BCUT2D eigenvalue weighted by molar-refractivity contribution is 5.99. The maximum Gasteiger partial charge on any atom is 0.251 e. The number of benzene rings is 3. The van der Waals surface area contributed by atoms with Gasteiger partial charge in [-0.2, -0.15) is 0 Å². The maximum atomic E-state index is 13.2. The summed E-state index contributed by atoms with van der Waals surface area (Å²) in [6.45, 7) is 14.1. The van der Waals surface area contributed by atoms with Crippen LogP contribution in [0.25, 0.3) is 10.9 Å². The van der Waals surface area contributed by atoms with E-state index in [2.05, 4.69) is 80.0 Å². The van der Waals surface area contributed by atoms with Gasteiger partial charge in [-0.05, 0) is 86.2 Å². The molecule has 1 heterocycles. The van der Waals surface area contributed by atoms with E-state index in [1.165, 1.54) is 22.4 Å². The van der Waals surface area contributed by atoms with Gasteiger partial charge < -0.3 is 14.6 Å². The van der Waals surface area contributed by atoms with Crippen LogP contribution in [0.1, 0.15) is 78.0 Å². The van der Waals surface area contributed by atoms with Crippen LogP contribution < -0.4 is 10.1 Å². The molecule has 1 N–H and O–H groups in total. The quantitative estimate of drug-likeness (QED) is 0.294. The lowest BCUT2D eigenvalue weighted by molar-refractivity contribution is 0.0940. The summed E-state index contributed by atoms with van der Waals surface area (Å²) in [5.41, 5.74) is 7.82. The lowest BCUT2D eigenvalue weighted by atomic mass is 9.98. The molecule has 35 heavy (non-hydrogen) atoms. The number of nitrogens with zero attached hydrogens (tertiary/aromatic N) is 1. The summed E-state index contributed by atoms with van der Waals surface area (Å²) in [4.78, 5) is 13.2. The molecule has 0 aliphatic heterocycles. The fraction of sp³-hybridized carbons (Fsp3) is 0.323. The molecule has 1 aromatic heterocycles. The molecular weight excluding hydrogens is 432 g/mol. The van der Waals surface area contributed by atoms with Crippen molar-refractivity contribution in [3.63, 3.8) is 0 Å². The molecule has 3 aromatic carbocycles. The number of carbonyl (C=O) groups is 1. The van der Waals surface area contributed by atoms with Crippen LogP contribution in [-0.4, -0.2) is 17.1 Å². The highest BCUT2D eigenvalue weighted by Gasteiger charge is 2.17. The first-order valence-electron chi connectivity index (χ1n) is 12.5. The lowest BCUT2D eigenvalue weighted by Gasteiger charge is -2.16. The normalized spacial score (nSPS) is 12.2. The number of fused-ring (bicyclic) bond motifs is 1. The van der Waals surface area contributed by atoms with Gasteiger partial charge in [0.25, 0.3) is 5.91 Å². The highest BCUT2D eigenvalue weighted by atomic mass is 16.5. The predicted octanol–water partition coefficient (Wildman–Crippen LogP) is 7.32. The first-order chi connectivity index (χ1) is 16.8. The van der Waals surface area contributed by atoms with Crippen molar-refractivity contribution in [2.75, 3.05) is 6.61 Å². The van der Waals surface area contributed by atoms with E-state index in [4.69, 9.17) is 4.74 Å². The van der Waals surface area contributed by atoms with E-state index in [0.717, 1.165) is 28.8 Å². The van der Waals surface area contributed by atoms with Crippen LogP contribution in [0, 0.1) is 13.8 Å². The molecule has 0 aliphatic rings. The van der Waals surface area contributed by atoms with E-state index < -0.39 is 0 Å². The molecule has 182 valence electrons. The van der Waals surface area contributed by atoms with Crippen LogP contribution in [0.15, 0.2) is 66.7 Å². The second-order valence-corrected chi connectivity index (χ2v) is 9.63. The Morgan fingerprint density at radius 2 is 1.69 bits per heavy atom. The van der Waals surface area contributed by atoms with Crippen molar-refractivity contribution < 1.29 is 9.53 Å². The fourth-order valence-electron chi connectivity index (χ4n) is 4.63. The summed E-state index contributed by atoms with van der Waals surface area (Å²) in [5.74, 6) is 1.29. The SMILES string of the molecule is CCOc1cccc(Cn2c(C)c(C)c3cc(C(=O)N[C@@H](C)c4cccc(C(C)C)c4)ccc32)c1. The van der Waals surface area contributed by atoms with Crippen molar-refractivity contribution in [1.29, 1.82) is 0 Å². The van der Waals surface area contributed by atoms with Gasteiger partial charge in [-0.1, -0.05) is 50.2 Å². The average Bonchev–Trinajstić information content (AvgIpc) is 3.08. The standard InChI is InChI=1S/C31H36N2O2/c1-7-35-28-13-8-10-24(16-28)19-33-23(6)21(4)29-18-27(14-15-30(29)33)31(34)32-22(5)26-12-9-11-25(17-26)20(2)3/h8-18,20,22H,7,19H2,1-6H3,(H,32,34)/t22-/m0/s1. The molecule has 1 atom stereocenters. The number of carbonyl (C=O) groups excluding carboxylic acids is 1. The van der Waals surface area contributed by atoms with Crippen molar-refractivity contribution in [3.05, 3.63) is 100 Å². The third-order valence-electron chi connectivity index (χ3n) is 6.88. The zero-order valence-electron chi connectivity index (χ0n) is 21.7. The average molecular weight is 469 g/mol. The van der Waals surface area contributed by atoms with Crippen molar-refractivity contribution in [1.82, 2.24) is 9.88 Å². The molecule has 0 radical (unpaired) electrons. The smallest absolute Gasteiger partial charge is 0.251 e. The minimum Gasteiger partial charge on any atom is -0.494 e. The first-order valence-corrected chi connectivity index (χ1v) is 12.5. The Labute approximate surface area is 208 Å². The molecule has 1 amide bonds. The molecule has 0 saturated heterocycles. The number of ether oxygens (including phenoxy) is 1. The molecule has 0 bridgehead atoms. The third-order valence-corrected chi connectivity index (χ3v) is 6.88. The van der Waals surface area contributed by atoms with Gasteiger partial charge in [-0.15, -0.1) is 0 Å². The Hall–Kier alpha value is -3.53. The highest BCUT2D eigenvalue weighted by Crippen LogP contribution is 2.28. The zero-order valence-corrected chi connectivity index (χ0v) is 21.7. The molecular formula is C31H36N2O2. The number of hydrogen-bond acceptors (Lipinski definition) is 2. The van der Waals surface area contributed by atoms with Crippen LogP contribution >= 0.6 is 0 Å². The Kier molecular flexibility index (Phi) is 7.30. The summed E-state index contributed by atoms with van der Waals surface area (Å²) in [6, 6.07) is 22.7. The van der Waals surface area contributed by atoms with Crippen molar-refractivity contribution in [2.45, 2.75) is 60.0 Å². The fourth-order valence-corrected chi connectivity index (χ4v) is 4.63. The molecule has 0 fully saturated rings. The number of rotatable bonds is 8. The minimum atomic E-state index is -0.0676. The Balaban J connectivity index is 1.58. The third kappa shape index (κ3) is 5.27. The molecule has 0 spiro atoms. The molecule has 4 nitrogen and oxygen atoms in total. The van der Waals surface area contributed by atoms with Crippen LogP contribution in [0.5, 0.6) is 5.75 Å². The summed E-state index contributed by atoms with van der Waals surface area (Å²) in [6.07, 6.45) is 0. The predicted molar refractivity (Wildman–Crippen MR) is 145 cm³/mol. The molecule has 4 heteroatoms. The number of hydrogen-bond donors (Lipinski definition) is 1. The van der Waals surface area contributed by atoms with E-state index in [0.29, 0.717) is 18.1 Å². The van der Waals surface area contributed by atoms with E-state index in [1.54, 1.807) is 0 Å². The van der Waals surface area contributed by atoms with Crippen LogP contribution in [0.2, 0.25) is 0 Å². The van der Waals surface area contributed by atoms with Crippen molar-refractivity contribution in [3.8, 4) is 5.75 Å². The van der Waals surface area contributed by atoms with Crippen LogP contribution in [0.4, 0.5) is 0 Å². The summed E-state index contributed by atoms with van der Waals surface area (Å²) in [7, 11) is 0. The molecule has 0 unspecified atom stereocenters. The minimum absolute atomic E-state index is 0.0523. The summed E-state index contributed by atoms with van der Waals surface area (Å²) >= 11 is 0. The lowest BCUT2D eigenvalue weighted by Crippen LogP contribution is -2.26. The second-order valence-electron chi connectivity index (χ2n) is 9.63. The Morgan fingerprint density at radius 3 is 2.43 bits per heavy atom. The van der Waals surface area contributed by atoms with Crippen LogP contribution in [-0.2, 0) is 6.54 Å². The van der Waals surface area contributed by atoms with Gasteiger partial charge in [-0.25, -0.2) is 0 Å². The summed E-state index contributed by atoms with van der Waals surface area (Å²) < 4.78 is 7.99. The van der Waals surface area contributed by atoms with E-state index in [9.17, 15) is 4.79 Å². The second kappa shape index (κ2) is 10.4. The topological polar surface area (TPSA) is 43.3 Å². The van der Waals surface area contributed by atoms with E-state index in [1.807, 2.05) is 38.1 Å². The monoisotopic (exact) mass is 468 g/mol. The zero-order chi connectivity index (χ0) is 25.1. The van der Waals surface area contributed by atoms with Crippen LogP contribution in [0.3, 0.4) is 0 Å². The van der Waals surface area contributed by atoms with Gasteiger partial charge in [0.05, 0.1) is 12.6 Å². The first kappa shape index (κ1) is 24.6. The van der Waals surface area contributed by atoms with Gasteiger partial charge in [0, 0.05) is 28.7 Å². The molecule has 0 aliphatic carbocycles. The Morgan fingerprint density at radius 1 is 0.943 bits per heavy atom. The number of aryl methyl sites for hydroxylation is 1. The van der Waals surface area contributed by atoms with E-state index in [-0.39, 0.29) is 11.9 Å². The van der Waals surface area contributed by atoms with Crippen molar-refractivity contribution >= 4 is 16.8 Å². The largest absolute Gasteiger partial charge is 0.494 e. The molecule has 0 saturated carbocycles. The van der Waals surface area contributed by atoms with Gasteiger partial charge in [0.15, 0.2) is 0 Å². The number of aromatic nitrogens is 1. The molecule has 4 rings (SSSR count). The summed E-state index contributed by atoms with van der Waals surface area (Å²) in [5, 5.41) is 4.30. The van der Waals surface area contributed by atoms with Gasteiger partial charge in [0.1, 0.15) is 5.75 Å². The Bertz CT molecular complexity index is 1350.